The third-order valence-corrected chi connectivity index (χ3v) is 6.42. The fourth-order valence-electron chi connectivity index (χ4n) is 5.00. The maximum absolute atomic E-state index is 13.8. The number of nitrogens with zero attached hydrogens (tertiary/aromatic N) is 4. The van der Waals surface area contributed by atoms with Gasteiger partial charge >= 0.3 is 0 Å². The quantitative estimate of drug-likeness (QED) is 0.694. The Kier molecular flexibility index (Phi) is 8.63. The predicted molar refractivity (Wildman–Crippen MR) is 126 cm³/mol. The van der Waals surface area contributed by atoms with Gasteiger partial charge < -0.3 is 19.6 Å². The summed E-state index contributed by atoms with van der Waals surface area (Å²) in [7, 11) is 0. The summed E-state index contributed by atoms with van der Waals surface area (Å²) in [5, 5.41) is 11.5. The predicted octanol–water partition coefficient (Wildman–Crippen LogP) is 3.46. The van der Waals surface area contributed by atoms with E-state index >= 15 is 0 Å². The van der Waals surface area contributed by atoms with Gasteiger partial charge in [-0.3, -0.25) is 14.3 Å². The first-order valence-electron chi connectivity index (χ1n) is 11.7. The van der Waals surface area contributed by atoms with E-state index < -0.39 is 0 Å². The Labute approximate surface area is 196 Å². The van der Waals surface area contributed by atoms with Gasteiger partial charge in [-0.25, -0.2) is 0 Å². The van der Waals surface area contributed by atoms with Crippen LogP contribution in [0.3, 0.4) is 0 Å². The molecule has 0 unspecified atom stereocenters. The molecule has 0 aliphatic carbocycles. The summed E-state index contributed by atoms with van der Waals surface area (Å²) < 4.78 is 8.23. The van der Waals surface area contributed by atoms with Gasteiger partial charge in [-0.2, -0.15) is 5.10 Å². The number of benzene rings is 1. The summed E-state index contributed by atoms with van der Waals surface area (Å²) in [6.07, 6.45) is 2.47. The Balaban J connectivity index is 0.000000968. The van der Waals surface area contributed by atoms with E-state index in [1.807, 2.05) is 41.6 Å². The highest BCUT2D eigenvalue weighted by atomic mass is 16.5. The van der Waals surface area contributed by atoms with E-state index in [2.05, 4.69) is 36.0 Å². The summed E-state index contributed by atoms with van der Waals surface area (Å²) in [4.78, 5) is 26.7. The van der Waals surface area contributed by atoms with E-state index in [1.165, 1.54) is 12.8 Å². The first-order chi connectivity index (χ1) is 15.9. The van der Waals surface area contributed by atoms with Gasteiger partial charge in [0.25, 0.3) is 12.4 Å². The van der Waals surface area contributed by atoms with Crippen LogP contribution in [0, 0.1) is 13.8 Å². The lowest BCUT2D eigenvalue weighted by Gasteiger charge is -2.43. The largest absolute Gasteiger partial charge is 0.483 e. The number of hydrogen-bond donors (Lipinski definition) is 1. The third kappa shape index (κ3) is 5.62. The maximum Gasteiger partial charge on any atom is 0.290 e. The number of carboxylic acid groups (broad SMARTS) is 1. The Hall–Kier alpha value is -2.71. The van der Waals surface area contributed by atoms with Gasteiger partial charge in [0.2, 0.25) is 0 Å². The number of amides is 1. The van der Waals surface area contributed by atoms with Gasteiger partial charge in [-0.15, -0.1) is 0 Å². The van der Waals surface area contributed by atoms with Crippen LogP contribution >= 0.6 is 0 Å². The molecule has 1 N–H and O–H groups in total. The number of carbonyl (C=O) groups is 2. The molecule has 0 saturated carbocycles. The van der Waals surface area contributed by atoms with Crippen LogP contribution in [-0.2, 0) is 9.53 Å². The van der Waals surface area contributed by atoms with Crippen molar-refractivity contribution < 1.29 is 19.4 Å². The molecule has 2 fully saturated rings. The molecule has 0 spiro atoms. The smallest absolute Gasteiger partial charge is 0.290 e. The Bertz CT molecular complexity index is 922. The molecule has 8 nitrogen and oxygen atoms in total. The van der Waals surface area contributed by atoms with Crippen molar-refractivity contribution in [3.8, 4) is 0 Å². The molecule has 2 aromatic rings. The number of morpholine rings is 1. The van der Waals surface area contributed by atoms with Gasteiger partial charge in [0.05, 0.1) is 30.0 Å². The van der Waals surface area contributed by atoms with Crippen LogP contribution in [0.2, 0.25) is 0 Å². The van der Waals surface area contributed by atoms with E-state index in [4.69, 9.17) is 14.6 Å². The molecule has 8 heteroatoms. The van der Waals surface area contributed by atoms with Crippen molar-refractivity contribution in [2.24, 2.45) is 0 Å². The lowest BCUT2D eigenvalue weighted by Crippen LogP contribution is -2.51. The van der Waals surface area contributed by atoms with E-state index in [9.17, 15) is 4.79 Å². The van der Waals surface area contributed by atoms with E-state index in [-0.39, 0.29) is 30.6 Å². The van der Waals surface area contributed by atoms with Gasteiger partial charge in [0, 0.05) is 24.8 Å². The van der Waals surface area contributed by atoms with Gasteiger partial charge in [-0.1, -0.05) is 30.3 Å². The highest BCUT2D eigenvalue weighted by Crippen LogP contribution is 2.33. The SMILES string of the molecule is Cc1nn(C(C)C)c(C)c1C(=O)N1CCO[C@@H](CN2CCCC2)[C@@H]1c1ccccc1.O=CO. The molecular formula is C25H36N4O4. The Morgan fingerprint density at radius 3 is 2.39 bits per heavy atom. The standard InChI is InChI=1S/C24H34N4O2.CH2O2/c1-17(2)28-19(4)22(18(3)25-28)24(29)27-14-15-30-21(16-26-12-8-9-13-26)23(27)20-10-6-5-7-11-20;2-1-3/h5-7,10-11,17,21,23H,8-9,12-16H2,1-4H3;1H,(H,2,3)/t21-,23-;/m0./s1. The minimum Gasteiger partial charge on any atom is -0.483 e. The van der Waals surface area contributed by atoms with Crippen molar-refractivity contribution >= 4 is 12.4 Å². The molecule has 2 aliphatic heterocycles. The number of aryl methyl sites for hydroxylation is 1. The highest BCUT2D eigenvalue weighted by molar-refractivity contribution is 5.96. The monoisotopic (exact) mass is 456 g/mol. The van der Waals surface area contributed by atoms with E-state index in [1.54, 1.807) is 0 Å². The first kappa shape index (κ1) is 24.9. The minimum absolute atomic E-state index is 0.0241. The fraction of sp³-hybridized carbons (Fsp3) is 0.560. The Morgan fingerprint density at radius 1 is 1.18 bits per heavy atom. The second kappa shape index (κ2) is 11.4. The number of ether oxygens (including phenoxy) is 1. The molecule has 2 aliphatic rings. The first-order valence-corrected chi connectivity index (χ1v) is 11.7. The molecule has 1 amide bonds. The average molecular weight is 457 g/mol. The molecule has 2 saturated heterocycles. The summed E-state index contributed by atoms with van der Waals surface area (Å²) in [5.74, 6) is 0.0699. The zero-order valence-electron chi connectivity index (χ0n) is 20.1. The zero-order valence-corrected chi connectivity index (χ0v) is 20.1. The van der Waals surface area contributed by atoms with Crippen LogP contribution in [-0.4, -0.2) is 76.0 Å². The number of rotatable bonds is 5. The maximum atomic E-state index is 13.8. The lowest BCUT2D eigenvalue weighted by atomic mass is 9.96. The van der Waals surface area contributed by atoms with Crippen molar-refractivity contribution in [2.45, 2.75) is 58.7 Å². The highest BCUT2D eigenvalue weighted by Gasteiger charge is 2.39. The molecule has 0 bridgehead atoms. The van der Waals surface area contributed by atoms with Crippen molar-refractivity contribution in [3.63, 3.8) is 0 Å². The number of hydrogen-bond acceptors (Lipinski definition) is 5. The van der Waals surface area contributed by atoms with Crippen LogP contribution in [0.1, 0.15) is 66.1 Å². The third-order valence-electron chi connectivity index (χ3n) is 6.42. The topological polar surface area (TPSA) is 87.9 Å². The number of carbonyl (C=O) groups excluding carboxylic acids is 1. The molecule has 180 valence electrons. The van der Waals surface area contributed by atoms with Crippen LogP contribution in [0.15, 0.2) is 30.3 Å². The van der Waals surface area contributed by atoms with Crippen LogP contribution in [0.5, 0.6) is 0 Å². The summed E-state index contributed by atoms with van der Waals surface area (Å²) in [6, 6.07) is 10.5. The van der Waals surface area contributed by atoms with Gasteiger partial charge in [0.15, 0.2) is 0 Å². The molecule has 1 aromatic heterocycles. The van der Waals surface area contributed by atoms with Crippen molar-refractivity contribution in [2.75, 3.05) is 32.8 Å². The van der Waals surface area contributed by atoms with Crippen LogP contribution < -0.4 is 0 Å². The number of aromatic nitrogens is 2. The molecule has 3 heterocycles. The number of likely N-dealkylation sites (tertiary alicyclic amines) is 1. The van der Waals surface area contributed by atoms with Gasteiger partial charge in [0.1, 0.15) is 0 Å². The molecule has 0 radical (unpaired) electrons. The molecule has 2 atom stereocenters. The second-order valence-corrected chi connectivity index (χ2v) is 8.96. The Morgan fingerprint density at radius 2 is 1.82 bits per heavy atom. The van der Waals surface area contributed by atoms with Crippen molar-refractivity contribution in [1.82, 2.24) is 19.6 Å². The molecular weight excluding hydrogens is 420 g/mol. The normalized spacial score (nSPS) is 21.1. The second-order valence-electron chi connectivity index (χ2n) is 8.96. The molecule has 33 heavy (non-hydrogen) atoms. The average Bonchev–Trinajstić information content (AvgIpc) is 3.41. The van der Waals surface area contributed by atoms with Crippen molar-refractivity contribution in [1.29, 1.82) is 0 Å². The summed E-state index contributed by atoms with van der Waals surface area (Å²) in [5.41, 5.74) is 3.63. The fourth-order valence-corrected chi connectivity index (χ4v) is 5.00. The lowest BCUT2D eigenvalue weighted by molar-refractivity contribution is -0.122. The van der Waals surface area contributed by atoms with Crippen molar-refractivity contribution in [3.05, 3.63) is 52.8 Å². The zero-order chi connectivity index (χ0) is 24.0. The minimum atomic E-state index is -0.250. The van der Waals surface area contributed by atoms with Crippen LogP contribution in [0.4, 0.5) is 0 Å². The summed E-state index contributed by atoms with van der Waals surface area (Å²) in [6.45, 7) is 12.2. The van der Waals surface area contributed by atoms with E-state index in [0.29, 0.717) is 13.2 Å². The molecule has 4 rings (SSSR count). The molecule has 1 aromatic carbocycles. The summed E-state index contributed by atoms with van der Waals surface area (Å²) >= 11 is 0. The van der Waals surface area contributed by atoms with E-state index in [0.717, 1.165) is 42.1 Å². The van der Waals surface area contributed by atoms with Gasteiger partial charge in [-0.05, 0) is 59.2 Å². The van der Waals surface area contributed by atoms with Crippen LogP contribution in [0.25, 0.3) is 0 Å².